The van der Waals surface area contributed by atoms with Gasteiger partial charge in [-0.25, -0.2) is 12.8 Å². The number of sulfonamides is 1. The molecule has 14 nitrogen and oxygen atoms in total. The Bertz CT molecular complexity index is 2080. The summed E-state index contributed by atoms with van der Waals surface area (Å²) in [6.45, 7) is 5.74. The lowest BCUT2D eigenvalue weighted by atomic mass is 9.98. The summed E-state index contributed by atoms with van der Waals surface area (Å²) in [6, 6.07) is 15.8. The highest BCUT2D eigenvalue weighted by molar-refractivity contribution is 7.92. The summed E-state index contributed by atoms with van der Waals surface area (Å²) < 4.78 is 80.6. The van der Waals surface area contributed by atoms with Gasteiger partial charge in [-0.05, 0) is 73.2 Å². The highest BCUT2D eigenvalue weighted by Crippen LogP contribution is 2.48. The summed E-state index contributed by atoms with van der Waals surface area (Å²) in [7, 11) is -3.79. The summed E-state index contributed by atoms with van der Waals surface area (Å²) in [5.74, 6) is -2.55. The minimum absolute atomic E-state index is 0.00270. The first-order chi connectivity index (χ1) is 27.4. The number of primary amides is 1. The fourth-order valence-corrected chi connectivity index (χ4v) is 6.94. The van der Waals surface area contributed by atoms with E-state index in [1.165, 1.54) is 35.5 Å². The molecule has 2 N–H and O–H groups in total. The summed E-state index contributed by atoms with van der Waals surface area (Å²) in [5, 5.41) is 0.317. The van der Waals surface area contributed by atoms with Gasteiger partial charge in [-0.3, -0.25) is 18.7 Å². The number of amides is 1. The van der Waals surface area contributed by atoms with Crippen LogP contribution in [0.15, 0.2) is 65.1 Å². The third kappa shape index (κ3) is 13.0. The molecule has 0 atom stereocenters. The van der Waals surface area contributed by atoms with Crippen molar-refractivity contribution in [3.8, 4) is 11.3 Å². The average molecular weight is 813 g/mol. The quantitative estimate of drug-likeness (QED) is 0.0481. The zero-order valence-electron chi connectivity index (χ0n) is 32.2. The minimum atomic E-state index is -3.79. The number of carbonyl (C=O) groups excluding carboxylic acids is 3. The second-order valence-corrected chi connectivity index (χ2v) is 15.3. The Morgan fingerprint density at radius 1 is 0.789 bits per heavy atom. The highest BCUT2D eigenvalue weighted by Gasteiger charge is 2.34. The van der Waals surface area contributed by atoms with Gasteiger partial charge in [0.2, 0.25) is 10.0 Å². The van der Waals surface area contributed by atoms with E-state index in [2.05, 4.69) is 0 Å². The molecule has 16 heteroatoms. The van der Waals surface area contributed by atoms with Crippen LogP contribution in [-0.4, -0.2) is 111 Å². The monoisotopic (exact) mass is 812 g/mol. The third-order valence-corrected chi connectivity index (χ3v) is 10.2. The van der Waals surface area contributed by atoms with Gasteiger partial charge in [0.15, 0.2) is 5.78 Å². The molecule has 0 bridgehead atoms. The fraction of sp³-hybridized carbons (Fsp3) is 0.439. The number of benzene rings is 3. The molecule has 1 amide bonds. The Kier molecular flexibility index (Phi) is 16.3. The van der Waals surface area contributed by atoms with Crippen LogP contribution in [0.3, 0.4) is 0 Å². The largest absolute Gasteiger partial charge is 0.455 e. The van der Waals surface area contributed by atoms with Crippen molar-refractivity contribution in [1.29, 1.82) is 0 Å². The number of anilines is 1. The first-order valence-corrected chi connectivity index (χ1v) is 20.5. The number of halogens is 1. The molecule has 0 spiro atoms. The van der Waals surface area contributed by atoms with Crippen LogP contribution in [0.2, 0.25) is 0 Å². The van der Waals surface area contributed by atoms with E-state index in [9.17, 15) is 27.2 Å². The SMILES string of the molecule is CC(=O)c1cccc(COCCOCCOCCOCCOCCOCCN(c2cc3oc(-c4ccc(F)cc4)c(C(=O)C(N)=O)c3cc2C2CC2)S(C)(=O)=O)c1. The van der Waals surface area contributed by atoms with Crippen molar-refractivity contribution in [1.82, 2.24) is 0 Å². The Labute approximate surface area is 331 Å². The van der Waals surface area contributed by atoms with Gasteiger partial charge in [-0.2, -0.15) is 0 Å². The zero-order valence-corrected chi connectivity index (χ0v) is 33.0. The molecule has 1 saturated carbocycles. The number of Topliss-reactive ketones (excluding diaryl/α,β-unsaturated/α-hetero) is 2. The van der Waals surface area contributed by atoms with E-state index in [-0.39, 0.29) is 55.0 Å². The predicted octanol–water partition coefficient (Wildman–Crippen LogP) is 5.05. The smallest absolute Gasteiger partial charge is 0.289 e. The van der Waals surface area contributed by atoms with Gasteiger partial charge in [-0.1, -0.05) is 18.2 Å². The van der Waals surface area contributed by atoms with Gasteiger partial charge >= 0.3 is 0 Å². The number of rotatable bonds is 27. The van der Waals surface area contributed by atoms with E-state index < -0.39 is 27.5 Å². The van der Waals surface area contributed by atoms with Crippen LogP contribution in [0.25, 0.3) is 22.3 Å². The molecule has 1 fully saturated rings. The fourth-order valence-electron chi connectivity index (χ4n) is 6.02. The lowest BCUT2D eigenvalue weighted by Crippen LogP contribution is -2.34. The number of carbonyl (C=O) groups is 3. The summed E-state index contributed by atoms with van der Waals surface area (Å²) in [6.07, 6.45) is 2.73. The summed E-state index contributed by atoms with van der Waals surface area (Å²) in [4.78, 5) is 36.5. The van der Waals surface area contributed by atoms with E-state index in [1.807, 2.05) is 18.2 Å². The van der Waals surface area contributed by atoms with E-state index >= 15 is 0 Å². The Morgan fingerprint density at radius 3 is 1.88 bits per heavy atom. The molecule has 1 aromatic heterocycles. The van der Waals surface area contributed by atoms with Gasteiger partial charge in [0.1, 0.15) is 17.2 Å². The maximum atomic E-state index is 13.7. The van der Waals surface area contributed by atoms with Crippen LogP contribution >= 0.6 is 0 Å². The van der Waals surface area contributed by atoms with Crippen molar-refractivity contribution >= 4 is 44.2 Å². The predicted molar refractivity (Wildman–Crippen MR) is 209 cm³/mol. The van der Waals surface area contributed by atoms with Crippen LogP contribution < -0.4 is 10.0 Å². The van der Waals surface area contributed by atoms with Crippen molar-refractivity contribution in [3.05, 3.63) is 88.7 Å². The molecule has 1 heterocycles. The van der Waals surface area contributed by atoms with Gasteiger partial charge in [0.05, 0.1) is 103 Å². The number of hydrogen-bond acceptors (Lipinski definition) is 12. The Balaban J connectivity index is 0.987. The average Bonchev–Trinajstić information content (AvgIpc) is 3.96. The van der Waals surface area contributed by atoms with Crippen LogP contribution in [0.4, 0.5) is 10.1 Å². The first kappa shape index (κ1) is 43.6. The number of nitrogens with two attached hydrogens (primary N) is 1. The van der Waals surface area contributed by atoms with Gasteiger partial charge in [0, 0.05) is 22.6 Å². The molecule has 0 saturated heterocycles. The van der Waals surface area contributed by atoms with Gasteiger partial charge in [-0.15, -0.1) is 0 Å². The molecular formula is C41H49FN2O12S. The van der Waals surface area contributed by atoms with Crippen LogP contribution in [0.5, 0.6) is 0 Å². The molecule has 308 valence electrons. The van der Waals surface area contributed by atoms with E-state index in [1.54, 1.807) is 18.2 Å². The normalized spacial score (nSPS) is 13.0. The first-order valence-electron chi connectivity index (χ1n) is 18.7. The highest BCUT2D eigenvalue weighted by atomic mass is 32.2. The van der Waals surface area contributed by atoms with Crippen LogP contribution in [0, 0.1) is 5.82 Å². The number of nitrogens with zero attached hydrogens (tertiary/aromatic N) is 1. The van der Waals surface area contributed by atoms with Crippen molar-refractivity contribution in [2.24, 2.45) is 5.73 Å². The molecular weight excluding hydrogens is 764 g/mol. The zero-order chi connectivity index (χ0) is 40.8. The summed E-state index contributed by atoms with van der Waals surface area (Å²) in [5.41, 5.74) is 8.53. The molecule has 1 aliphatic carbocycles. The molecule has 0 unspecified atom stereocenters. The molecule has 0 radical (unpaired) electrons. The molecule has 57 heavy (non-hydrogen) atoms. The van der Waals surface area contributed by atoms with Gasteiger partial charge in [0.25, 0.3) is 11.7 Å². The molecule has 5 rings (SSSR count). The maximum Gasteiger partial charge on any atom is 0.289 e. The van der Waals surface area contributed by atoms with Crippen LogP contribution in [-0.2, 0) is 49.8 Å². The van der Waals surface area contributed by atoms with Crippen molar-refractivity contribution in [2.45, 2.75) is 32.3 Å². The molecule has 1 aliphatic rings. The van der Waals surface area contributed by atoms with Crippen molar-refractivity contribution in [2.75, 3.05) is 89.8 Å². The van der Waals surface area contributed by atoms with Crippen molar-refractivity contribution in [3.63, 3.8) is 0 Å². The van der Waals surface area contributed by atoms with Gasteiger partial charge < -0.3 is 38.6 Å². The molecule has 4 aromatic rings. The van der Waals surface area contributed by atoms with E-state index in [4.69, 9.17) is 38.6 Å². The topological polar surface area (TPSA) is 183 Å². The number of ether oxygens (including phenoxy) is 6. The number of furan rings is 1. The second kappa shape index (κ2) is 21.3. The summed E-state index contributed by atoms with van der Waals surface area (Å²) >= 11 is 0. The third-order valence-electron chi connectivity index (χ3n) is 8.98. The van der Waals surface area contributed by atoms with Crippen LogP contribution in [0.1, 0.15) is 57.5 Å². The maximum absolute atomic E-state index is 13.7. The lowest BCUT2D eigenvalue weighted by molar-refractivity contribution is -0.114. The standard InChI is InChI=1S/C41H49FN2O12S/c1-28(45)32-5-3-4-29(24-32)27-55-23-22-54-21-20-53-19-18-52-17-16-51-15-14-50-13-12-44(57(2,48)49)36-26-37-35(25-34(36)30-6-7-30)38(39(46)41(43)47)40(56-37)31-8-10-33(42)11-9-31/h3-5,8-11,24-26,30H,6-7,12-23,27H2,1-2H3,(H2,43,47). The molecule has 3 aromatic carbocycles. The minimum Gasteiger partial charge on any atom is -0.455 e. The van der Waals surface area contributed by atoms with Crippen molar-refractivity contribution < 1.29 is 60.0 Å². The van der Waals surface area contributed by atoms with E-state index in [0.29, 0.717) is 87.2 Å². The Hall–Kier alpha value is -4.55. The molecule has 0 aliphatic heterocycles. The Morgan fingerprint density at radius 2 is 1.35 bits per heavy atom. The second-order valence-electron chi connectivity index (χ2n) is 13.4. The van der Waals surface area contributed by atoms with E-state index in [0.717, 1.165) is 24.7 Å². The number of fused-ring (bicyclic) bond motifs is 1. The number of hydrogen-bond donors (Lipinski definition) is 1. The lowest BCUT2D eigenvalue weighted by Gasteiger charge is -2.25. The number of ketones is 2.